The lowest BCUT2D eigenvalue weighted by Crippen LogP contribution is -2.62. The van der Waals surface area contributed by atoms with E-state index in [4.69, 9.17) is 37.9 Å². The maximum atomic E-state index is 15.5. The fraction of sp³-hybridized carbons (Fsp3) is 0.475. The van der Waals surface area contributed by atoms with Crippen LogP contribution in [0.1, 0.15) is 61.4 Å². The molecule has 6 rings (SSSR count). The first-order valence-electron chi connectivity index (χ1n) is 19.0. The number of rotatable bonds is 13. The number of hydrogen-bond acceptors (Lipinski definition) is 10. The Balaban J connectivity index is 1.47. The molecule has 2 amide bonds. The summed E-state index contributed by atoms with van der Waals surface area (Å²) in [6, 6.07) is 18.9. The smallest absolute Gasteiger partial charge is 0.262 e. The van der Waals surface area contributed by atoms with Gasteiger partial charge in [0.1, 0.15) is 16.4 Å². The molecular formula is C40H49Cl2N7O6S. The van der Waals surface area contributed by atoms with E-state index in [9.17, 15) is 13.2 Å². The van der Waals surface area contributed by atoms with Crippen LogP contribution in [-0.4, -0.2) is 112 Å². The number of sulfonamides is 1. The van der Waals surface area contributed by atoms with E-state index in [1.54, 1.807) is 47.2 Å². The average Bonchev–Trinajstić information content (AvgIpc) is 3.62. The second-order valence-electron chi connectivity index (χ2n) is 14.3. The van der Waals surface area contributed by atoms with Gasteiger partial charge in [-0.3, -0.25) is 25.1 Å². The number of nitrogens with one attached hydrogen (secondary N) is 2. The highest BCUT2D eigenvalue weighted by Crippen LogP contribution is 2.47. The predicted molar refractivity (Wildman–Crippen MR) is 214 cm³/mol. The van der Waals surface area contributed by atoms with Gasteiger partial charge in [-0.15, -0.1) is 0 Å². The Bertz CT molecular complexity index is 1960. The van der Waals surface area contributed by atoms with E-state index < -0.39 is 27.8 Å². The molecule has 3 saturated heterocycles. The van der Waals surface area contributed by atoms with Crippen molar-refractivity contribution in [1.29, 1.82) is 5.26 Å². The van der Waals surface area contributed by atoms with Gasteiger partial charge in [0.2, 0.25) is 15.9 Å². The lowest BCUT2D eigenvalue weighted by Gasteiger charge is -2.41. The molecule has 2 N–H and O–H groups in total. The number of ether oxygens (including phenoxy) is 2. The molecule has 3 fully saturated rings. The number of hydrogen-bond donors (Lipinski definition) is 2. The Hall–Kier alpha value is -3.94. The SMILES string of the molecule is CCOc1cc(OC)c(S(=O)(=O)N2CCCCC2)cc1C1(C(=O)N2CCN(CC(=O)N(C)CCC#N)CC2)N[C@H](c2ccc(Cl)cc2)[C@H](c2ccc(Cl)cc2)N1. The van der Waals surface area contributed by atoms with Gasteiger partial charge in [0.25, 0.3) is 5.91 Å². The van der Waals surface area contributed by atoms with Gasteiger partial charge in [0.15, 0.2) is 5.66 Å². The molecule has 1 unspecified atom stereocenters. The molecule has 0 radical (unpaired) electrons. The number of likely N-dealkylation sites (N-methyl/N-ethyl adjacent to an activating group) is 1. The topological polar surface area (TPSA) is 148 Å². The van der Waals surface area contributed by atoms with Crippen LogP contribution in [-0.2, 0) is 25.3 Å². The van der Waals surface area contributed by atoms with Gasteiger partial charge in [-0.2, -0.15) is 9.57 Å². The fourth-order valence-electron chi connectivity index (χ4n) is 7.68. The molecule has 0 saturated carbocycles. The van der Waals surface area contributed by atoms with Crippen molar-refractivity contribution in [1.82, 2.24) is 29.6 Å². The Kier molecular flexibility index (Phi) is 13.5. The molecule has 56 heavy (non-hydrogen) atoms. The summed E-state index contributed by atoms with van der Waals surface area (Å²) in [5.41, 5.74) is 0.265. The largest absolute Gasteiger partial charge is 0.495 e. The zero-order chi connectivity index (χ0) is 40.0. The third-order valence-corrected chi connectivity index (χ3v) is 13.2. The number of methoxy groups -OCH3 is 1. The van der Waals surface area contributed by atoms with Crippen LogP contribution < -0.4 is 20.1 Å². The van der Waals surface area contributed by atoms with Gasteiger partial charge in [0, 0.05) is 74.5 Å². The standard InChI is InChI=1S/C40H49Cl2N7O6S/c1-4-55-33-26-34(54-3)35(56(52,53)49-19-6-5-7-20-49)25-32(33)40(39(51)48-23-21-47(22-24-48)27-36(50)46(2)18-8-17-43)44-37(28-9-13-30(41)14-10-28)38(45-40)29-11-15-31(42)16-12-29/h9-16,25-26,37-38,44-45H,4-8,18-24,27H2,1-3H3/t37-,38+,40?. The van der Waals surface area contributed by atoms with Crippen LogP contribution in [0.25, 0.3) is 0 Å². The maximum Gasteiger partial charge on any atom is 0.262 e. The molecule has 3 aromatic carbocycles. The van der Waals surface area contributed by atoms with Crippen molar-refractivity contribution >= 4 is 45.0 Å². The predicted octanol–water partition coefficient (Wildman–Crippen LogP) is 4.92. The minimum absolute atomic E-state index is 0.0574. The zero-order valence-electron chi connectivity index (χ0n) is 32.0. The van der Waals surface area contributed by atoms with E-state index in [0.29, 0.717) is 61.4 Å². The Labute approximate surface area is 339 Å². The molecule has 3 aromatic rings. The van der Waals surface area contributed by atoms with Crippen LogP contribution in [0.5, 0.6) is 11.5 Å². The second-order valence-corrected chi connectivity index (χ2v) is 17.1. The molecule has 3 aliphatic rings. The Morgan fingerprint density at radius 2 is 1.46 bits per heavy atom. The quantitative estimate of drug-likeness (QED) is 0.244. The zero-order valence-corrected chi connectivity index (χ0v) is 34.3. The second kappa shape index (κ2) is 18.1. The molecule has 0 spiro atoms. The number of benzene rings is 3. The number of piperazine rings is 1. The van der Waals surface area contributed by atoms with E-state index in [0.717, 1.165) is 30.4 Å². The first kappa shape index (κ1) is 41.7. The first-order valence-corrected chi connectivity index (χ1v) is 21.2. The molecule has 16 heteroatoms. The molecule has 300 valence electrons. The van der Waals surface area contributed by atoms with Crippen molar-refractivity contribution in [2.45, 2.75) is 55.2 Å². The lowest BCUT2D eigenvalue weighted by molar-refractivity contribution is -0.142. The lowest BCUT2D eigenvalue weighted by atomic mass is 9.95. The van der Waals surface area contributed by atoms with Gasteiger partial charge >= 0.3 is 0 Å². The number of piperidine rings is 1. The summed E-state index contributed by atoms with van der Waals surface area (Å²) in [6.07, 6.45) is 2.68. The highest BCUT2D eigenvalue weighted by Gasteiger charge is 2.55. The summed E-state index contributed by atoms with van der Waals surface area (Å²) in [7, 11) is -0.954. The summed E-state index contributed by atoms with van der Waals surface area (Å²) in [5, 5.41) is 17.4. The average molecular weight is 827 g/mol. The fourth-order valence-corrected chi connectivity index (χ4v) is 9.61. The number of nitrogens with zero attached hydrogens (tertiary/aromatic N) is 5. The number of nitriles is 1. The summed E-state index contributed by atoms with van der Waals surface area (Å²) in [6.45, 7) is 4.78. The Morgan fingerprint density at radius 3 is 1.98 bits per heavy atom. The monoisotopic (exact) mass is 825 g/mol. The van der Waals surface area contributed by atoms with Crippen molar-refractivity contribution in [2.24, 2.45) is 0 Å². The summed E-state index contributed by atoms with van der Waals surface area (Å²) in [5.74, 6) is -0.0387. The van der Waals surface area contributed by atoms with E-state index in [-0.39, 0.29) is 47.8 Å². The minimum Gasteiger partial charge on any atom is -0.495 e. The first-order chi connectivity index (χ1) is 26.9. The van der Waals surface area contributed by atoms with Crippen LogP contribution in [0.15, 0.2) is 65.6 Å². The number of amides is 2. The van der Waals surface area contributed by atoms with E-state index >= 15 is 4.79 Å². The van der Waals surface area contributed by atoms with Crippen LogP contribution in [0.4, 0.5) is 0 Å². The van der Waals surface area contributed by atoms with Crippen LogP contribution in [0.3, 0.4) is 0 Å². The number of carbonyl (C=O) groups excluding carboxylic acids is 2. The molecule has 3 atom stereocenters. The molecule has 0 aliphatic carbocycles. The van der Waals surface area contributed by atoms with E-state index in [1.807, 2.05) is 36.1 Å². The van der Waals surface area contributed by atoms with Crippen molar-refractivity contribution in [2.75, 3.05) is 73.1 Å². The molecule has 3 heterocycles. The molecule has 0 aromatic heterocycles. The third-order valence-electron chi connectivity index (χ3n) is 10.8. The van der Waals surface area contributed by atoms with Crippen LogP contribution in [0.2, 0.25) is 10.0 Å². The number of carbonyl (C=O) groups is 2. The summed E-state index contributed by atoms with van der Waals surface area (Å²) >= 11 is 12.7. The molecule has 13 nitrogen and oxygen atoms in total. The molecule has 0 bridgehead atoms. The minimum atomic E-state index is -4.06. The molecular weight excluding hydrogens is 777 g/mol. The highest BCUT2D eigenvalue weighted by atomic mass is 35.5. The van der Waals surface area contributed by atoms with Crippen LogP contribution in [0, 0.1) is 11.3 Å². The van der Waals surface area contributed by atoms with Gasteiger partial charge < -0.3 is 19.3 Å². The van der Waals surface area contributed by atoms with E-state index in [2.05, 4.69) is 16.7 Å². The van der Waals surface area contributed by atoms with Crippen molar-refractivity contribution in [3.8, 4) is 17.6 Å². The molecule has 3 aliphatic heterocycles. The van der Waals surface area contributed by atoms with Crippen molar-refractivity contribution in [3.05, 3.63) is 87.4 Å². The van der Waals surface area contributed by atoms with Crippen LogP contribution >= 0.6 is 23.2 Å². The van der Waals surface area contributed by atoms with Gasteiger partial charge in [-0.1, -0.05) is 53.9 Å². The Morgan fingerprint density at radius 1 is 0.893 bits per heavy atom. The van der Waals surface area contributed by atoms with Crippen molar-refractivity contribution < 1.29 is 27.5 Å². The van der Waals surface area contributed by atoms with E-state index in [1.165, 1.54) is 17.5 Å². The summed E-state index contributed by atoms with van der Waals surface area (Å²) < 4.78 is 42.3. The number of halogens is 2. The van der Waals surface area contributed by atoms with Gasteiger partial charge in [0.05, 0.1) is 44.8 Å². The van der Waals surface area contributed by atoms with Crippen molar-refractivity contribution in [3.63, 3.8) is 0 Å². The normalized spacial score (nSPS) is 22.0. The summed E-state index contributed by atoms with van der Waals surface area (Å²) in [4.78, 5) is 33.6. The van der Waals surface area contributed by atoms with Gasteiger partial charge in [-0.05, 0) is 61.2 Å². The third kappa shape index (κ3) is 8.79. The van der Waals surface area contributed by atoms with Gasteiger partial charge in [-0.25, -0.2) is 8.42 Å². The highest BCUT2D eigenvalue weighted by molar-refractivity contribution is 7.89. The maximum absolute atomic E-state index is 15.5.